The number of esters is 1. The Hall–Kier alpha value is -1.37. The average molecular weight is 381 g/mol. The quantitative estimate of drug-likeness (QED) is 0.499. The molecule has 0 fully saturated rings. The first-order valence-corrected chi connectivity index (χ1v) is 6.74. The molecular weight excluding hydrogens is 365 g/mol. The Bertz CT molecular complexity index is 665. The zero-order valence-electron chi connectivity index (χ0n) is 12.3. The van der Waals surface area contributed by atoms with Crippen LogP contribution in [0, 0.1) is 0 Å². The van der Waals surface area contributed by atoms with Gasteiger partial charge in [0.2, 0.25) is 0 Å². The molecule has 0 amide bonds. The van der Waals surface area contributed by atoms with Gasteiger partial charge >= 0.3 is 5.97 Å². The van der Waals surface area contributed by atoms with Crippen LogP contribution in [-0.2, 0) is 38.5 Å². The molecule has 1 heterocycles. The molecule has 3 rings (SSSR count). The van der Waals surface area contributed by atoms with Crippen molar-refractivity contribution in [3.8, 4) is 11.5 Å². The van der Waals surface area contributed by atoms with Crippen molar-refractivity contribution >= 4 is 5.97 Å². The van der Waals surface area contributed by atoms with Gasteiger partial charge in [0.1, 0.15) is 11.5 Å². The normalized spacial score (nSPS) is 11.8. The first kappa shape index (κ1) is 16.0. The zero-order valence-corrected chi connectivity index (χ0v) is 16.3. The minimum absolute atomic E-state index is 0. The Kier molecular flexibility index (Phi) is 5.03. The second kappa shape index (κ2) is 6.60. The molecule has 0 aliphatic carbocycles. The third kappa shape index (κ3) is 3.28. The van der Waals surface area contributed by atoms with Crippen LogP contribution in [0.3, 0.4) is 0 Å². The molecule has 0 aromatic heterocycles. The average Bonchev–Trinajstić information content (AvgIpc) is 2.43. The molecule has 2 aromatic carbocycles. The Balaban J connectivity index is 0.00000161. The first-order chi connectivity index (χ1) is 9.65. The molecule has 21 heavy (non-hydrogen) atoms. The van der Waals surface area contributed by atoms with Gasteiger partial charge in [-0.15, -0.1) is 0 Å². The fraction of sp³-hybridized carbons (Fsp3) is 0.235. The van der Waals surface area contributed by atoms with E-state index in [1.54, 1.807) is 6.07 Å². The summed E-state index contributed by atoms with van der Waals surface area (Å²) in [5.41, 5.74) is 2.58. The fourth-order valence-electron chi connectivity index (χ4n) is 2.37. The van der Waals surface area contributed by atoms with E-state index < -0.39 is 0 Å². The van der Waals surface area contributed by atoms with E-state index in [1.165, 1.54) is 0 Å². The van der Waals surface area contributed by atoms with Crippen molar-refractivity contribution in [1.82, 2.24) is 0 Å². The number of hydrogen-bond acceptors (Lipinski definition) is 3. The molecule has 1 aliphatic rings. The number of carbonyl (C=O) groups is 1. The van der Waals surface area contributed by atoms with E-state index in [4.69, 9.17) is 9.47 Å². The van der Waals surface area contributed by atoms with Gasteiger partial charge in [-0.2, -0.15) is 0 Å². The van der Waals surface area contributed by atoms with E-state index in [-0.39, 0.29) is 39.4 Å². The SMILES string of the molecule is CC(C)OC(=O)c1cccc2c1Cc1ccccc1O2.[Cd]. The summed E-state index contributed by atoms with van der Waals surface area (Å²) in [5.74, 6) is 1.30. The molecule has 0 saturated heterocycles. The first-order valence-electron chi connectivity index (χ1n) is 6.74. The van der Waals surface area contributed by atoms with Crippen molar-refractivity contribution in [1.29, 1.82) is 0 Å². The van der Waals surface area contributed by atoms with E-state index in [0.29, 0.717) is 12.0 Å². The molecule has 0 saturated carbocycles. The zero-order chi connectivity index (χ0) is 14.1. The van der Waals surface area contributed by atoms with Crippen molar-refractivity contribution in [3.63, 3.8) is 0 Å². The van der Waals surface area contributed by atoms with Gasteiger partial charge in [-0.25, -0.2) is 4.79 Å². The van der Waals surface area contributed by atoms with E-state index in [0.717, 1.165) is 22.6 Å². The molecule has 104 valence electrons. The molecule has 0 radical (unpaired) electrons. The number of rotatable bonds is 2. The Morgan fingerprint density at radius 3 is 2.57 bits per heavy atom. The van der Waals surface area contributed by atoms with Gasteiger partial charge in [0.25, 0.3) is 0 Å². The Morgan fingerprint density at radius 2 is 1.81 bits per heavy atom. The van der Waals surface area contributed by atoms with Crippen LogP contribution in [0.15, 0.2) is 42.5 Å². The second-order valence-electron chi connectivity index (χ2n) is 5.12. The largest absolute Gasteiger partial charge is 0.459 e. The predicted molar refractivity (Wildman–Crippen MR) is 76.3 cm³/mol. The maximum atomic E-state index is 12.2. The van der Waals surface area contributed by atoms with Crippen LogP contribution in [-0.4, -0.2) is 12.1 Å². The molecule has 2 aromatic rings. The minimum atomic E-state index is -0.292. The van der Waals surface area contributed by atoms with Crippen molar-refractivity contribution in [2.75, 3.05) is 0 Å². The van der Waals surface area contributed by atoms with Gasteiger partial charge in [0.15, 0.2) is 0 Å². The summed E-state index contributed by atoms with van der Waals surface area (Å²) < 4.78 is 11.2. The molecule has 4 heteroatoms. The van der Waals surface area contributed by atoms with Gasteiger partial charge in [-0.1, -0.05) is 24.3 Å². The molecule has 0 unspecified atom stereocenters. The summed E-state index contributed by atoms with van der Waals surface area (Å²) in [5, 5.41) is 0. The van der Waals surface area contributed by atoms with Crippen LogP contribution in [0.5, 0.6) is 11.5 Å². The number of hydrogen-bond donors (Lipinski definition) is 0. The minimum Gasteiger partial charge on any atom is -0.459 e. The van der Waals surface area contributed by atoms with Gasteiger partial charge in [-0.3, -0.25) is 0 Å². The maximum absolute atomic E-state index is 12.2. The molecule has 1 aliphatic heterocycles. The Morgan fingerprint density at radius 1 is 1.10 bits per heavy atom. The molecular formula is C17H16CdO3. The van der Waals surface area contributed by atoms with Gasteiger partial charge in [0, 0.05) is 39.3 Å². The van der Waals surface area contributed by atoms with Crippen LogP contribution in [0.4, 0.5) is 0 Å². The van der Waals surface area contributed by atoms with Crippen molar-refractivity contribution in [3.05, 3.63) is 59.2 Å². The summed E-state index contributed by atoms with van der Waals surface area (Å²) in [7, 11) is 0. The van der Waals surface area contributed by atoms with Crippen molar-refractivity contribution < 1.29 is 41.6 Å². The standard InChI is InChI=1S/C17H16O3.Cd/c1-11(2)19-17(18)13-7-5-9-16-14(13)10-12-6-3-4-8-15(12)20-16;/h3-9,11H,10H2,1-2H3;. The van der Waals surface area contributed by atoms with Gasteiger partial charge in [-0.05, 0) is 37.6 Å². The molecule has 0 spiro atoms. The van der Waals surface area contributed by atoms with Crippen LogP contribution >= 0.6 is 0 Å². The maximum Gasteiger partial charge on any atom is 0.338 e. The summed E-state index contributed by atoms with van der Waals surface area (Å²) in [4.78, 5) is 12.2. The smallest absolute Gasteiger partial charge is 0.338 e. The van der Waals surface area contributed by atoms with Gasteiger partial charge < -0.3 is 9.47 Å². The number of para-hydroxylation sites is 1. The second-order valence-corrected chi connectivity index (χ2v) is 5.12. The van der Waals surface area contributed by atoms with Crippen LogP contribution < -0.4 is 4.74 Å². The molecule has 0 N–H and O–H groups in total. The predicted octanol–water partition coefficient (Wildman–Crippen LogP) is 3.95. The van der Waals surface area contributed by atoms with Crippen LogP contribution in [0.2, 0.25) is 0 Å². The van der Waals surface area contributed by atoms with E-state index >= 15 is 0 Å². The third-order valence-corrected chi connectivity index (χ3v) is 3.26. The Labute approximate surface area is 144 Å². The van der Waals surface area contributed by atoms with E-state index in [1.807, 2.05) is 50.2 Å². The van der Waals surface area contributed by atoms with Crippen molar-refractivity contribution in [2.45, 2.75) is 26.4 Å². The monoisotopic (exact) mass is 382 g/mol. The molecule has 0 bridgehead atoms. The number of benzene rings is 2. The van der Waals surface area contributed by atoms with Crippen LogP contribution in [0.25, 0.3) is 0 Å². The van der Waals surface area contributed by atoms with E-state index in [9.17, 15) is 4.79 Å². The van der Waals surface area contributed by atoms with Gasteiger partial charge in [0.05, 0.1) is 11.7 Å². The summed E-state index contributed by atoms with van der Waals surface area (Å²) in [6, 6.07) is 13.4. The topological polar surface area (TPSA) is 35.5 Å². The fourth-order valence-corrected chi connectivity index (χ4v) is 2.37. The number of ether oxygens (including phenoxy) is 2. The van der Waals surface area contributed by atoms with E-state index in [2.05, 4.69) is 0 Å². The van der Waals surface area contributed by atoms with Crippen molar-refractivity contribution in [2.24, 2.45) is 0 Å². The number of fused-ring (bicyclic) bond motifs is 2. The third-order valence-electron chi connectivity index (χ3n) is 3.26. The summed E-state index contributed by atoms with van der Waals surface area (Å²) >= 11 is 0. The molecule has 0 atom stereocenters. The number of carbonyl (C=O) groups excluding carboxylic acids is 1. The summed E-state index contributed by atoms with van der Waals surface area (Å²) in [6.45, 7) is 3.69. The van der Waals surface area contributed by atoms with Crippen LogP contribution in [0.1, 0.15) is 35.3 Å². The summed E-state index contributed by atoms with van der Waals surface area (Å²) in [6.07, 6.45) is 0.560. The molecule has 3 nitrogen and oxygen atoms in total.